The van der Waals surface area contributed by atoms with E-state index in [4.69, 9.17) is 5.73 Å². The maximum absolute atomic E-state index is 14.7. The molecule has 0 saturated carbocycles. The van der Waals surface area contributed by atoms with Crippen LogP contribution in [0.25, 0.3) is 0 Å². The lowest BCUT2D eigenvalue weighted by Gasteiger charge is -2.37. The normalized spacial score (nSPS) is 14.8. The largest absolute Gasteiger partial charge is 0.363 e. The first kappa shape index (κ1) is 29.4. The van der Waals surface area contributed by atoms with E-state index in [0.717, 1.165) is 41.9 Å². The first-order chi connectivity index (χ1) is 20.1. The molecule has 42 heavy (non-hydrogen) atoms. The fourth-order valence-corrected chi connectivity index (χ4v) is 5.68. The van der Waals surface area contributed by atoms with Crippen molar-refractivity contribution in [1.82, 2.24) is 14.0 Å². The van der Waals surface area contributed by atoms with Crippen LogP contribution in [0.15, 0.2) is 76.3 Å². The lowest BCUT2D eigenvalue weighted by Crippen LogP contribution is -2.51. The fraction of sp³-hybridized carbons (Fsp3) is 0.333. The van der Waals surface area contributed by atoms with E-state index < -0.39 is 28.9 Å². The van der Waals surface area contributed by atoms with Gasteiger partial charge in [0.05, 0.1) is 13.1 Å². The smallest absolute Gasteiger partial charge is 0.331 e. The lowest BCUT2D eigenvalue weighted by molar-refractivity contribution is 0.248. The molecule has 9 heteroatoms. The summed E-state index contributed by atoms with van der Waals surface area (Å²) in [5, 5.41) is 0. The van der Waals surface area contributed by atoms with Crippen LogP contribution in [0.5, 0.6) is 0 Å². The second-order valence-electron chi connectivity index (χ2n) is 11.1. The molecule has 220 valence electrons. The number of nitrogens with zero attached hydrogens (tertiary/aromatic N) is 4. The molecule has 1 aliphatic heterocycles. The number of aromatic nitrogens is 2. The molecule has 1 aliphatic rings. The van der Waals surface area contributed by atoms with Crippen LogP contribution in [0.4, 0.5) is 14.5 Å². The quantitative estimate of drug-likeness (QED) is 0.341. The van der Waals surface area contributed by atoms with Crippen LogP contribution in [-0.4, -0.2) is 40.2 Å². The number of hydrogen-bond acceptors (Lipinski definition) is 5. The maximum Gasteiger partial charge on any atom is 0.331 e. The molecular weight excluding hydrogens is 536 g/mol. The molecule has 7 nitrogen and oxygen atoms in total. The van der Waals surface area contributed by atoms with Gasteiger partial charge in [-0.2, -0.15) is 0 Å². The summed E-state index contributed by atoms with van der Waals surface area (Å²) in [4.78, 5) is 32.0. The summed E-state index contributed by atoms with van der Waals surface area (Å²) in [7, 11) is 0. The molecule has 1 aromatic heterocycles. The van der Waals surface area contributed by atoms with Gasteiger partial charge in [-0.25, -0.2) is 13.6 Å². The predicted molar refractivity (Wildman–Crippen MR) is 162 cm³/mol. The van der Waals surface area contributed by atoms with Crippen molar-refractivity contribution in [3.8, 4) is 0 Å². The van der Waals surface area contributed by atoms with E-state index in [0.29, 0.717) is 24.5 Å². The fourth-order valence-electron chi connectivity index (χ4n) is 5.68. The molecule has 2 N–H and O–H groups in total. The molecule has 5 rings (SSSR count). The van der Waals surface area contributed by atoms with Gasteiger partial charge in [-0.15, -0.1) is 0 Å². The van der Waals surface area contributed by atoms with Gasteiger partial charge < -0.3 is 10.6 Å². The van der Waals surface area contributed by atoms with E-state index in [1.165, 1.54) is 27.3 Å². The van der Waals surface area contributed by atoms with Gasteiger partial charge in [0.2, 0.25) is 0 Å². The molecule has 1 fully saturated rings. The Balaban J connectivity index is 1.50. The number of halogens is 2. The monoisotopic (exact) mass is 573 g/mol. The number of piperazine rings is 1. The van der Waals surface area contributed by atoms with Gasteiger partial charge >= 0.3 is 5.69 Å². The summed E-state index contributed by atoms with van der Waals surface area (Å²) in [5.41, 5.74) is 10.4. The van der Waals surface area contributed by atoms with Crippen molar-refractivity contribution in [2.75, 3.05) is 31.1 Å². The van der Waals surface area contributed by atoms with Gasteiger partial charge in [0.15, 0.2) is 0 Å². The van der Waals surface area contributed by atoms with Crippen LogP contribution in [0.2, 0.25) is 0 Å². The van der Waals surface area contributed by atoms with Crippen molar-refractivity contribution < 1.29 is 8.78 Å². The molecule has 1 saturated heterocycles. The summed E-state index contributed by atoms with van der Waals surface area (Å²) < 4.78 is 31.8. The maximum atomic E-state index is 14.7. The van der Waals surface area contributed by atoms with Crippen molar-refractivity contribution in [3.63, 3.8) is 0 Å². The van der Waals surface area contributed by atoms with Crippen LogP contribution >= 0.6 is 0 Å². The zero-order valence-electron chi connectivity index (χ0n) is 24.3. The van der Waals surface area contributed by atoms with Crippen LogP contribution in [-0.2, 0) is 19.6 Å². The number of aryl methyl sites for hydroxylation is 2. The highest BCUT2D eigenvalue weighted by atomic mass is 19.1. The highest BCUT2D eigenvalue weighted by Crippen LogP contribution is 2.21. The Labute approximate surface area is 244 Å². The number of hydrogen-bond donors (Lipinski definition) is 1. The van der Waals surface area contributed by atoms with Gasteiger partial charge in [0.25, 0.3) is 5.56 Å². The Kier molecular flexibility index (Phi) is 8.70. The average molecular weight is 574 g/mol. The molecule has 0 radical (unpaired) electrons. The van der Waals surface area contributed by atoms with Crippen molar-refractivity contribution >= 4 is 5.69 Å². The zero-order chi connectivity index (χ0) is 30.0. The zero-order valence-corrected chi connectivity index (χ0v) is 24.3. The Morgan fingerprint density at radius 1 is 0.810 bits per heavy atom. The number of benzene rings is 3. The molecule has 0 amide bonds. The number of anilines is 1. The molecule has 0 bridgehead atoms. The van der Waals surface area contributed by atoms with Crippen LogP contribution < -0.4 is 21.9 Å². The van der Waals surface area contributed by atoms with Crippen molar-refractivity contribution in [2.45, 2.75) is 46.4 Å². The van der Waals surface area contributed by atoms with Gasteiger partial charge in [-0.1, -0.05) is 60.2 Å². The third-order valence-electron chi connectivity index (χ3n) is 8.23. The summed E-state index contributed by atoms with van der Waals surface area (Å²) >= 11 is 0. The van der Waals surface area contributed by atoms with Gasteiger partial charge in [0, 0.05) is 50.0 Å². The SMILES string of the molecule is Cc1ccc(C)c(CN2CCN(c3c(C)n(Cc4c(F)cccc4F)c(=O)n(C[C@H](N)c4ccccc4)c3=O)CC2)c1. The number of nitrogens with two attached hydrogens (primary N) is 1. The second-order valence-corrected chi connectivity index (χ2v) is 11.1. The highest BCUT2D eigenvalue weighted by Gasteiger charge is 2.27. The predicted octanol–water partition coefficient (Wildman–Crippen LogP) is 4.28. The van der Waals surface area contributed by atoms with E-state index in [2.05, 4.69) is 36.9 Å². The lowest BCUT2D eigenvalue weighted by atomic mass is 10.0. The second kappa shape index (κ2) is 12.4. The van der Waals surface area contributed by atoms with E-state index in [1.54, 1.807) is 6.92 Å². The van der Waals surface area contributed by atoms with Crippen LogP contribution in [0, 0.1) is 32.4 Å². The number of rotatable bonds is 8. The molecule has 0 spiro atoms. The molecule has 0 aliphatic carbocycles. The van der Waals surface area contributed by atoms with Crippen molar-refractivity contribution in [1.29, 1.82) is 0 Å². The van der Waals surface area contributed by atoms with E-state index in [9.17, 15) is 18.4 Å². The molecule has 3 aromatic carbocycles. The Bertz CT molecular complexity index is 1670. The summed E-state index contributed by atoms with van der Waals surface area (Å²) in [6, 6.07) is 18.7. The first-order valence-electron chi connectivity index (χ1n) is 14.2. The minimum absolute atomic E-state index is 0.0681. The van der Waals surface area contributed by atoms with Crippen molar-refractivity contribution in [2.24, 2.45) is 5.73 Å². The minimum atomic E-state index is -0.748. The molecule has 1 atom stereocenters. The molecule has 2 heterocycles. The highest BCUT2D eigenvalue weighted by molar-refractivity contribution is 5.50. The van der Waals surface area contributed by atoms with Crippen LogP contribution in [0.3, 0.4) is 0 Å². The average Bonchev–Trinajstić information content (AvgIpc) is 2.98. The summed E-state index contributed by atoms with van der Waals surface area (Å²) in [6.45, 7) is 8.83. The Morgan fingerprint density at radius 3 is 2.14 bits per heavy atom. The van der Waals surface area contributed by atoms with Gasteiger partial charge in [-0.3, -0.25) is 18.8 Å². The van der Waals surface area contributed by atoms with Crippen LogP contribution in [0.1, 0.15) is 39.6 Å². The van der Waals surface area contributed by atoms with E-state index >= 15 is 0 Å². The summed E-state index contributed by atoms with van der Waals surface area (Å²) in [6.07, 6.45) is 0. The van der Waals surface area contributed by atoms with Gasteiger partial charge in [-0.05, 0) is 49.6 Å². The van der Waals surface area contributed by atoms with Crippen molar-refractivity contribution in [3.05, 3.63) is 133 Å². The Hall–Kier alpha value is -4.08. The first-order valence-corrected chi connectivity index (χ1v) is 14.2. The molecule has 4 aromatic rings. The third kappa shape index (κ3) is 6.07. The molecule has 0 unspecified atom stereocenters. The topological polar surface area (TPSA) is 76.5 Å². The molecular formula is C33H37F2N5O2. The third-order valence-corrected chi connectivity index (χ3v) is 8.23. The standard InChI is InChI=1S/C33H37F2N5O2/c1-22-12-13-23(2)26(18-22)19-37-14-16-38(17-15-37)31-24(3)39(20-27-28(34)10-7-11-29(27)35)33(42)40(32(31)41)21-30(36)25-8-5-4-6-9-25/h4-13,18,30H,14-17,19-21,36H2,1-3H3/t30-/m0/s1. The van der Waals surface area contributed by atoms with Gasteiger partial charge in [0.1, 0.15) is 17.3 Å². The summed E-state index contributed by atoms with van der Waals surface area (Å²) in [5.74, 6) is -1.50. The van der Waals surface area contributed by atoms with E-state index in [1.807, 2.05) is 35.2 Å². The Morgan fingerprint density at radius 2 is 1.48 bits per heavy atom. The van der Waals surface area contributed by atoms with E-state index in [-0.39, 0.29) is 18.7 Å². The minimum Gasteiger partial charge on any atom is -0.363 e.